The van der Waals surface area contributed by atoms with Crippen molar-refractivity contribution in [2.45, 2.75) is 25.4 Å². The van der Waals surface area contributed by atoms with Crippen LogP contribution in [0, 0.1) is 0 Å². The number of imidazole rings is 1. The molecule has 1 aliphatic carbocycles. The Morgan fingerprint density at radius 2 is 2.00 bits per heavy atom. The van der Waals surface area contributed by atoms with Crippen LogP contribution in [0.4, 0.5) is 11.4 Å². The molecule has 0 amide bonds. The summed E-state index contributed by atoms with van der Waals surface area (Å²) in [7, 11) is -3.29. The van der Waals surface area contributed by atoms with Gasteiger partial charge in [0.1, 0.15) is 0 Å². The zero-order chi connectivity index (χ0) is 14.9. The Hall–Kier alpha value is -2.02. The van der Waals surface area contributed by atoms with Gasteiger partial charge < -0.3 is 9.88 Å². The minimum Gasteiger partial charge on any atom is -0.378 e. The lowest BCUT2D eigenvalue weighted by Crippen LogP contribution is -2.12. The second-order valence-corrected chi connectivity index (χ2v) is 7.05. The van der Waals surface area contributed by atoms with E-state index in [1.54, 1.807) is 12.1 Å². The van der Waals surface area contributed by atoms with Crippen LogP contribution >= 0.6 is 0 Å². The molecule has 0 spiro atoms. The van der Waals surface area contributed by atoms with Crippen LogP contribution in [-0.4, -0.2) is 24.2 Å². The molecule has 1 heterocycles. The number of anilines is 2. The molecular weight excluding hydrogens is 288 g/mol. The summed E-state index contributed by atoms with van der Waals surface area (Å²) in [5.74, 6) is 0. The first-order valence-corrected chi connectivity index (χ1v) is 8.73. The van der Waals surface area contributed by atoms with E-state index in [0.29, 0.717) is 18.3 Å². The van der Waals surface area contributed by atoms with Gasteiger partial charge in [0.25, 0.3) is 0 Å². The van der Waals surface area contributed by atoms with Gasteiger partial charge in [-0.25, -0.2) is 13.4 Å². The molecular formula is C14H18N4O2S. The van der Waals surface area contributed by atoms with Crippen molar-refractivity contribution in [1.82, 2.24) is 9.55 Å². The Kier molecular flexibility index (Phi) is 3.59. The molecule has 3 rings (SSSR count). The van der Waals surface area contributed by atoms with Crippen LogP contribution in [0.5, 0.6) is 0 Å². The summed E-state index contributed by atoms with van der Waals surface area (Å²) in [6.07, 6.45) is 7.25. The van der Waals surface area contributed by atoms with Gasteiger partial charge >= 0.3 is 0 Å². The number of para-hydroxylation sites is 2. The van der Waals surface area contributed by atoms with Crippen LogP contribution in [0.3, 0.4) is 0 Å². The van der Waals surface area contributed by atoms with Gasteiger partial charge in [-0.3, -0.25) is 4.72 Å². The number of hydrogen-bond acceptors (Lipinski definition) is 4. The SMILES string of the molecule is CS(=O)(=O)Nc1ccccc1NCc1cncn1C1CC1. The maximum absolute atomic E-state index is 11.4. The number of aromatic nitrogens is 2. The van der Waals surface area contributed by atoms with Gasteiger partial charge in [0.2, 0.25) is 10.0 Å². The second-order valence-electron chi connectivity index (χ2n) is 5.30. The molecule has 6 nitrogen and oxygen atoms in total. The average Bonchev–Trinajstić information content (AvgIpc) is 3.15. The smallest absolute Gasteiger partial charge is 0.229 e. The maximum atomic E-state index is 11.4. The van der Waals surface area contributed by atoms with Gasteiger partial charge in [-0.15, -0.1) is 0 Å². The van der Waals surface area contributed by atoms with Crippen LogP contribution in [0.1, 0.15) is 24.6 Å². The minimum absolute atomic E-state index is 0.553. The predicted octanol–water partition coefficient (Wildman–Crippen LogP) is 2.20. The highest BCUT2D eigenvalue weighted by Gasteiger charge is 2.25. The number of sulfonamides is 1. The molecule has 7 heteroatoms. The monoisotopic (exact) mass is 306 g/mol. The molecule has 0 atom stereocenters. The summed E-state index contributed by atoms with van der Waals surface area (Å²) in [5, 5.41) is 3.27. The summed E-state index contributed by atoms with van der Waals surface area (Å²) in [4.78, 5) is 4.19. The summed E-state index contributed by atoms with van der Waals surface area (Å²) in [6, 6.07) is 7.84. The van der Waals surface area contributed by atoms with E-state index in [9.17, 15) is 8.42 Å². The Morgan fingerprint density at radius 3 is 2.67 bits per heavy atom. The van der Waals surface area contributed by atoms with Crippen molar-refractivity contribution in [1.29, 1.82) is 0 Å². The number of nitrogens with one attached hydrogen (secondary N) is 2. The van der Waals surface area contributed by atoms with Crippen molar-refractivity contribution >= 4 is 21.4 Å². The Bertz CT molecular complexity index is 735. The number of benzene rings is 1. The fraction of sp³-hybridized carbons (Fsp3) is 0.357. The lowest BCUT2D eigenvalue weighted by atomic mass is 10.2. The number of rotatable bonds is 6. The van der Waals surface area contributed by atoms with Crippen molar-refractivity contribution in [3.8, 4) is 0 Å². The first-order chi connectivity index (χ1) is 10.0. The zero-order valence-corrected chi connectivity index (χ0v) is 12.6. The van der Waals surface area contributed by atoms with Crippen LogP contribution < -0.4 is 10.0 Å². The molecule has 0 aliphatic heterocycles. The molecule has 1 fully saturated rings. The van der Waals surface area contributed by atoms with E-state index in [1.165, 1.54) is 12.8 Å². The topological polar surface area (TPSA) is 76.0 Å². The van der Waals surface area contributed by atoms with Gasteiger partial charge in [0, 0.05) is 12.2 Å². The number of hydrogen-bond donors (Lipinski definition) is 2. The summed E-state index contributed by atoms with van der Waals surface area (Å²) in [5.41, 5.74) is 2.41. The quantitative estimate of drug-likeness (QED) is 0.858. The van der Waals surface area contributed by atoms with E-state index >= 15 is 0 Å². The molecule has 2 N–H and O–H groups in total. The highest BCUT2D eigenvalue weighted by Crippen LogP contribution is 2.35. The molecule has 0 unspecified atom stereocenters. The van der Waals surface area contributed by atoms with Crippen molar-refractivity contribution in [3.05, 3.63) is 42.5 Å². The molecule has 21 heavy (non-hydrogen) atoms. The van der Waals surface area contributed by atoms with Crippen LogP contribution in [-0.2, 0) is 16.6 Å². The lowest BCUT2D eigenvalue weighted by molar-refractivity contribution is 0.607. The minimum atomic E-state index is -3.29. The van der Waals surface area contributed by atoms with E-state index in [1.807, 2.05) is 24.7 Å². The van der Waals surface area contributed by atoms with Gasteiger partial charge in [0.15, 0.2) is 0 Å². The Morgan fingerprint density at radius 1 is 1.29 bits per heavy atom. The molecule has 0 radical (unpaired) electrons. The molecule has 1 aromatic carbocycles. The zero-order valence-electron chi connectivity index (χ0n) is 11.8. The van der Waals surface area contributed by atoms with Gasteiger partial charge in [-0.05, 0) is 25.0 Å². The van der Waals surface area contributed by atoms with E-state index in [0.717, 1.165) is 17.6 Å². The standard InChI is InChI=1S/C14H18N4O2S/c1-21(19,20)17-14-5-3-2-4-13(14)16-9-12-8-15-10-18(12)11-6-7-11/h2-5,8,10-11,16-17H,6-7,9H2,1H3. The Labute approximate surface area is 124 Å². The van der Waals surface area contributed by atoms with E-state index in [2.05, 4.69) is 19.6 Å². The molecule has 2 aromatic rings. The highest BCUT2D eigenvalue weighted by molar-refractivity contribution is 7.92. The third-order valence-electron chi connectivity index (χ3n) is 3.37. The van der Waals surface area contributed by atoms with Gasteiger partial charge in [-0.1, -0.05) is 12.1 Å². The molecule has 1 aliphatic rings. The van der Waals surface area contributed by atoms with Crippen LogP contribution in [0.2, 0.25) is 0 Å². The van der Waals surface area contributed by atoms with Crippen molar-refractivity contribution in [2.24, 2.45) is 0 Å². The summed E-state index contributed by atoms with van der Waals surface area (Å²) >= 11 is 0. The maximum Gasteiger partial charge on any atom is 0.229 e. The molecule has 1 saturated carbocycles. The molecule has 1 aromatic heterocycles. The average molecular weight is 306 g/mol. The van der Waals surface area contributed by atoms with Crippen molar-refractivity contribution in [3.63, 3.8) is 0 Å². The van der Waals surface area contributed by atoms with Crippen molar-refractivity contribution < 1.29 is 8.42 Å². The highest BCUT2D eigenvalue weighted by atomic mass is 32.2. The fourth-order valence-electron chi connectivity index (χ4n) is 2.26. The van der Waals surface area contributed by atoms with Crippen molar-refractivity contribution in [2.75, 3.05) is 16.3 Å². The first kappa shape index (κ1) is 13.9. The lowest BCUT2D eigenvalue weighted by Gasteiger charge is -2.13. The molecule has 112 valence electrons. The normalized spacial score (nSPS) is 14.9. The van der Waals surface area contributed by atoms with E-state index in [4.69, 9.17) is 0 Å². The summed E-state index contributed by atoms with van der Waals surface area (Å²) in [6.45, 7) is 0.610. The van der Waals surface area contributed by atoms with E-state index in [-0.39, 0.29) is 0 Å². The fourth-order valence-corrected chi connectivity index (χ4v) is 2.84. The van der Waals surface area contributed by atoms with Gasteiger partial charge in [-0.2, -0.15) is 0 Å². The third-order valence-corrected chi connectivity index (χ3v) is 3.96. The Balaban J connectivity index is 1.74. The first-order valence-electron chi connectivity index (χ1n) is 6.84. The van der Waals surface area contributed by atoms with Crippen LogP contribution in [0.15, 0.2) is 36.8 Å². The van der Waals surface area contributed by atoms with E-state index < -0.39 is 10.0 Å². The number of nitrogens with zero attached hydrogens (tertiary/aromatic N) is 2. The third kappa shape index (κ3) is 3.55. The van der Waals surface area contributed by atoms with Crippen LogP contribution in [0.25, 0.3) is 0 Å². The molecule has 0 bridgehead atoms. The predicted molar refractivity (Wildman–Crippen MR) is 82.7 cm³/mol. The largest absolute Gasteiger partial charge is 0.378 e. The molecule has 0 saturated heterocycles. The second kappa shape index (κ2) is 5.40. The van der Waals surface area contributed by atoms with Gasteiger partial charge in [0.05, 0.1) is 36.2 Å². The summed E-state index contributed by atoms with van der Waals surface area (Å²) < 4.78 is 27.5.